The number of nitrogens with one attached hydrogen (secondary N) is 1. The number of aliphatic hydroxyl groups excluding tert-OH is 1. The van der Waals surface area contributed by atoms with Crippen LogP contribution in [0.15, 0.2) is 39.5 Å². The Labute approximate surface area is 121 Å². The topological polar surface area (TPSA) is 82.8 Å². The molecule has 1 aromatic heterocycles. The molecule has 2 heterocycles. The Balaban J connectivity index is 1.96. The van der Waals surface area contributed by atoms with Gasteiger partial charge in [-0.25, -0.2) is 0 Å². The molecule has 1 fully saturated rings. The number of amides is 1. The average molecular weight is 288 g/mol. The predicted molar refractivity (Wildman–Crippen MR) is 77.2 cm³/mol. The molecular formula is C15H16N2O4. The second kappa shape index (κ2) is 5.31. The molecule has 0 spiro atoms. The SMILES string of the molecule is CN(C(=O)c1cc(=O)c2ccccc2o1)[C@@H]1CNC[C@H]1O. The van der Waals surface area contributed by atoms with Crippen LogP contribution >= 0.6 is 0 Å². The quantitative estimate of drug-likeness (QED) is 0.825. The number of likely N-dealkylation sites (N-methyl/N-ethyl adjacent to an activating group) is 1. The van der Waals surface area contributed by atoms with E-state index in [-0.39, 0.29) is 17.2 Å². The first-order chi connectivity index (χ1) is 10.1. The normalized spacial score (nSPS) is 21.6. The Hall–Kier alpha value is -2.18. The number of aliphatic hydroxyl groups is 1. The lowest BCUT2D eigenvalue weighted by atomic mass is 10.1. The molecule has 21 heavy (non-hydrogen) atoms. The number of carbonyl (C=O) groups excluding carboxylic acids is 1. The summed E-state index contributed by atoms with van der Waals surface area (Å²) in [5, 5.41) is 13.3. The van der Waals surface area contributed by atoms with Gasteiger partial charge in [-0.2, -0.15) is 0 Å². The fourth-order valence-corrected chi connectivity index (χ4v) is 2.58. The first-order valence-electron chi connectivity index (χ1n) is 6.77. The van der Waals surface area contributed by atoms with Crippen LogP contribution in [-0.2, 0) is 0 Å². The summed E-state index contributed by atoms with van der Waals surface area (Å²) in [5.41, 5.74) is 0.130. The van der Waals surface area contributed by atoms with Crippen LogP contribution in [0.2, 0.25) is 0 Å². The summed E-state index contributed by atoms with van der Waals surface area (Å²) in [6.07, 6.45) is -0.619. The van der Waals surface area contributed by atoms with E-state index < -0.39 is 12.0 Å². The lowest BCUT2D eigenvalue weighted by Crippen LogP contribution is -2.44. The zero-order chi connectivity index (χ0) is 15.0. The lowest BCUT2D eigenvalue weighted by molar-refractivity contribution is 0.0553. The van der Waals surface area contributed by atoms with Crippen LogP contribution in [0.25, 0.3) is 11.0 Å². The second-order valence-electron chi connectivity index (χ2n) is 5.18. The molecule has 2 aromatic rings. The van der Waals surface area contributed by atoms with Crippen molar-refractivity contribution in [2.45, 2.75) is 12.1 Å². The molecule has 110 valence electrons. The number of para-hydroxylation sites is 1. The molecule has 0 unspecified atom stereocenters. The Morgan fingerprint density at radius 2 is 2.14 bits per heavy atom. The van der Waals surface area contributed by atoms with Crippen molar-refractivity contribution in [1.29, 1.82) is 0 Å². The van der Waals surface area contributed by atoms with Crippen LogP contribution in [0, 0.1) is 0 Å². The van der Waals surface area contributed by atoms with Crippen LogP contribution in [0.5, 0.6) is 0 Å². The minimum Gasteiger partial charge on any atom is -0.451 e. The first-order valence-corrected chi connectivity index (χ1v) is 6.77. The van der Waals surface area contributed by atoms with E-state index in [4.69, 9.17) is 4.42 Å². The van der Waals surface area contributed by atoms with Crippen molar-refractivity contribution in [3.63, 3.8) is 0 Å². The molecule has 1 amide bonds. The molecule has 2 atom stereocenters. The third-order valence-electron chi connectivity index (χ3n) is 3.81. The van der Waals surface area contributed by atoms with Gasteiger partial charge in [0, 0.05) is 26.2 Å². The average Bonchev–Trinajstić information content (AvgIpc) is 2.92. The summed E-state index contributed by atoms with van der Waals surface area (Å²) in [6, 6.07) is 7.68. The monoisotopic (exact) mass is 288 g/mol. The maximum atomic E-state index is 12.4. The van der Waals surface area contributed by atoms with Gasteiger partial charge in [-0.3, -0.25) is 9.59 Å². The lowest BCUT2D eigenvalue weighted by Gasteiger charge is -2.25. The minimum atomic E-state index is -0.619. The summed E-state index contributed by atoms with van der Waals surface area (Å²) in [7, 11) is 1.60. The van der Waals surface area contributed by atoms with Gasteiger partial charge in [0.25, 0.3) is 5.91 Å². The number of fused-ring (bicyclic) bond motifs is 1. The summed E-state index contributed by atoms with van der Waals surface area (Å²) >= 11 is 0. The Bertz CT molecular complexity index is 740. The van der Waals surface area contributed by atoms with Gasteiger partial charge in [0.2, 0.25) is 0 Å². The molecule has 1 aliphatic rings. The number of hydrogen-bond acceptors (Lipinski definition) is 5. The van der Waals surface area contributed by atoms with Gasteiger partial charge in [0.15, 0.2) is 11.2 Å². The summed E-state index contributed by atoms with van der Waals surface area (Å²) < 4.78 is 5.53. The van der Waals surface area contributed by atoms with E-state index in [0.29, 0.717) is 24.1 Å². The zero-order valence-corrected chi connectivity index (χ0v) is 11.6. The molecule has 1 saturated heterocycles. The van der Waals surface area contributed by atoms with E-state index in [1.54, 1.807) is 31.3 Å². The molecule has 0 radical (unpaired) electrons. The molecule has 0 saturated carbocycles. The van der Waals surface area contributed by atoms with Gasteiger partial charge in [0.05, 0.1) is 17.5 Å². The molecular weight excluding hydrogens is 272 g/mol. The highest BCUT2D eigenvalue weighted by molar-refractivity contribution is 5.93. The Morgan fingerprint density at radius 1 is 1.38 bits per heavy atom. The Morgan fingerprint density at radius 3 is 2.86 bits per heavy atom. The maximum Gasteiger partial charge on any atom is 0.289 e. The number of carbonyl (C=O) groups is 1. The molecule has 6 nitrogen and oxygen atoms in total. The van der Waals surface area contributed by atoms with Crippen molar-refractivity contribution in [2.75, 3.05) is 20.1 Å². The number of hydrogen-bond donors (Lipinski definition) is 2. The Kier molecular flexibility index (Phi) is 3.48. The standard InChI is InChI=1S/C15H16N2O4/c1-17(10-7-16-8-12(10)19)15(20)14-6-11(18)9-4-2-3-5-13(9)21-14/h2-6,10,12,16,19H,7-8H2,1H3/t10-,12-/m1/s1. The highest BCUT2D eigenvalue weighted by atomic mass is 16.3. The van der Waals surface area contributed by atoms with Crippen LogP contribution in [0.3, 0.4) is 0 Å². The zero-order valence-electron chi connectivity index (χ0n) is 11.6. The number of benzene rings is 1. The third-order valence-corrected chi connectivity index (χ3v) is 3.81. The van der Waals surface area contributed by atoms with Gasteiger partial charge >= 0.3 is 0 Å². The largest absolute Gasteiger partial charge is 0.451 e. The van der Waals surface area contributed by atoms with E-state index in [0.717, 1.165) is 0 Å². The summed E-state index contributed by atoms with van der Waals surface area (Å²) in [4.78, 5) is 25.9. The van der Waals surface area contributed by atoms with Crippen molar-refractivity contribution in [3.05, 3.63) is 46.3 Å². The van der Waals surface area contributed by atoms with Crippen molar-refractivity contribution in [2.24, 2.45) is 0 Å². The number of β-amino-alcohol motifs (C(OH)–C–C–N with tert-alkyl or cyclic N) is 1. The second-order valence-corrected chi connectivity index (χ2v) is 5.18. The molecule has 1 aromatic carbocycles. The fraction of sp³-hybridized carbons (Fsp3) is 0.333. The van der Waals surface area contributed by atoms with Gasteiger partial charge in [0.1, 0.15) is 5.58 Å². The van der Waals surface area contributed by atoms with Crippen molar-refractivity contribution < 1.29 is 14.3 Å². The molecule has 2 N–H and O–H groups in total. The van der Waals surface area contributed by atoms with E-state index in [1.807, 2.05) is 0 Å². The van der Waals surface area contributed by atoms with Gasteiger partial charge < -0.3 is 19.7 Å². The fourth-order valence-electron chi connectivity index (χ4n) is 2.58. The van der Waals surface area contributed by atoms with E-state index in [2.05, 4.69) is 5.32 Å². The predicted octanol–water partition coefficient (Wildman–Crippen LogP) is 0.198. The van der Waals surface area contributed by atoms with Gasteiger partial charge in [-0.1, -0.05) is 12.1 Å². The highest BCUT2D eigenvalue weighted by Gasteiger charge is 2.32. The first kappa shape index (κ1) is 13.8. The summed E-state index contributed by atoms with van der Waals surface area (Å²) in [5.74, 6) is -0.425. The summed E-state index contributed by atoms with van der Waals surface area (Å²) in [6.45, 7) is 0.963. The van der Waals surface area contributed by atoms with Gasteiger partial charge in [-0.05, 0) is 12.1 Å². The highest BCUT2D eigenvalue weighted by Crippen LogP contribution is 2.15. The minimum absolute atomic E-state index is 0.0136. The van der Waals surface area contributed by atoms with Crippen LogP contribution in [0.1, 0.15) is 10.6 Å². The van der Waals surface area contributed by atoms with E-state index in [1.165, 1.54) is 11.0 Å². The molecule has 3 rings (SSSR count). The van der Waals surface area contributed by atoms with E-state index in [9.17, 15) is 14.7 Å². The van der Waals surface area contributed by atoms with Crippen LogP contribution < -0.4 is 10.7 Å². The smallest absolute Gasteiger partial charge is 0.289 e. The van der Waals surface area contributed by atoms with E-state index >= 15 is 0 Å². The van der Waals surface area contributed by atoms with Gasteiger partial charge in [-0.15, -0.1) is 0 Å². The maximum absolute atomic E-state index is 12.4. The van der Waals surface area contributed by atoms with Crippen molar-refractivity contribution in [3.8, 4) is 0 Å². The third kappa shape index (κ3) is 2.43. The molecule has 0 bridgehead atoms. The number of nitrogens with zero attached hydrogens (tertiary/aromatic N) is 1. The molecule has 1 aliphatic heterocycles. The van der Waals surface area contributed by atoms with Crippen molar-refractivity contribution >= 4 is 16.9 Å². The molecule has 0 aliphatic carbocycles. The number of rotatable bonds is 2. The van der Waals surface area contributed by atoms with Crippen LogP contribution in [-0.4, -0.2) is 48.2 Å². The molecule has 6 heteroatoms. The van der Waals surface area contributed by atoms with Crippen molar-refractivity contribution in [1.82, 2.24) is 10.2 Å². The van der Waals surface area contributed by atoms with Crippen LogP contribution in [0.4, 0.5) is 0 Å².